The number of nitriles is 1. The van der Waals surface area contributed by atoms with Crippen molar-refractivity contribution in [3.8, 4) is 11.8 Å². The van der Waals surface area contributed by atoms with E-state index in [4.69, 9.17) is 20.0 Å². The molecule has 0 unspecified atom stereocenters. The van der Waals surface area contributed by atoms with Crippen LogP contribution in [0.5, 0.6) is 5.75 Å². The zero-order valence-electron chi connectivity index (χ0n) is 11.4. The number of aryl methyl sites for hydroxylation is 1. The van der Waals surface area contributed by atoms with E-state index in [0.29, 0.717) is 22.3 Å². The van der Waals surface area contributed by atoms with Crippen LogP contribution in [0, 0.1) is 24.1 Å². The maximum atomic E-state index is 13.6. The molecule has 2 aromatic rings. The Morgan fingerprint density at radius 3 is 2.62 bits per heavy atom. The molecule has 2 rings (SSSR count). The molecule has 2 N–H and O–H groups in total. The Bertz CT molecular complexity index is 698. The normalized spacial score (nSPS) is 10.0. The Labute approximate surface area is 122 Å². The second-order valence-corrected chi connectivity index (χ2v) is 4.60. The number of ether oxygens (including phenoxy) is 1. The van der Waals surface area contributed by atoms with E-state index in [0.717, 1.165) is 0 Å². The monoisotopic (exact) mass is 285 g/mol. The lowest BCUT2D eigenvalue weighted by Crippen LogP contribution is -2.31. The van der Waals surface area contributed by atoms with Gasteiger partial charge in [0.25, 0.3) is 0 Å². The lowest BCUT2D eigenvalue weighted by atomic mass is 9.77. The first-order valence-electron chi connectivity index (χ1n) is 6.29. The summed E-state index contributed by atoms with van der Waals surface area (Å²) in [6.07, 6.45) is 0. The van der Waals surface area contributed by atoms with Crippen LogP contribution in [0.3, 0.4) is 0 Å². The third-order valence-corrected chi connectivity index (χ3v) is 3.09. The highest BCUT2D eigenvalue weighted by Crippen LogP contribution is 2.16. The van der Waals surface area contributed by atoms with E-state index in [2.05, 4.69) is 0 Å². The predicted molar refractivity (Wildman–Crippen MR) is 76.5 cm³/mol. The topological polar surface area (TPSA) is 73.5 Å². The SMILES string of the molecule is Cc1cc(OCc2cc(C#N)ccc2F)ccc1B(O)O. The molecule has 0 aliphatic rings. The molecule has 4 nitrogen and oxygen atoms in total. The minimum absolute atomic E-state index is 0.0121. The van der Waals surface area contributed by atoms with Gasteiger partial charge in [-0.25, -0.2) is 4.39 Å². The van der Waals surface area contributed by atoms with Crippen molar-refractivity contribution in [2.45, 2.75) is 13.5 Å². The highest BCUT2D eigenvalue weighted by Gasteiger charge is 2.14. The number of hydrogen-bond acceptors (Lipinski definition) is 4. The van der Waals surface area contributed by atoms with Crippen LogP contribution in [0.25, 0.3) is 0 Å². The van der Waals surface area contributed by atoms with Gasteiger partial charge in [-0.05, 0) is 48.3 Å². The molecule has 0 radical (unpaired) electrons. The Hall–Kier alpha value is -2.36. The van der Waals surface area contributed by atoms with Crippen molar-refractivity contribution in [2.24, 2.45) is 0 Å². The summed E-state index contributed by atoms with van der Waals surface area (Å²) < 4.78 is 19.1. The molecule has 0 saturated carbocycles. The molecule has 0 aliphatic heterocycles. The van der Waals surface area contributed by atoms with Crippen molar-refractivity contribution in [1.29, 1.82) is 5.26 Å². The fourth-order valence-electron chi connectivity index (χ4n) is 1.94. The number of benzene rings is 2. The molecular weight excluding hydrogens is 272 g/mol. The largest absolute Gasteiger partial charge is 0.489 e. The van der Waals surface area contributed by atoms with E-state index < -0.39 is 12.9 Å². The Morgan fingerprint density at radius 1 is 1.24 bits per heavy atom. The molecule has 0 saturated heterocycles. The molecule has 0 aromatic heterocycles. The molecule has 21 heavy (non-hydrogen) atoms. The fourth-order valence-corrected chi connectivity index (χ4v) is 1.94. The summed E-state index contributed by atoms with van der Waals surface area (Å²) in [5, 5.41) is 27.1. The van der Waals surface area contributed by atoms with Crippen LogP contribution in [-0.2, 0) is 6.61 Å². The minimum atomic E-state index is -1.54. The van der Waals surface area contributed by atoms with E-state index in [1.54, 1.807) is 19.1 Å². The quantitative estimate of drug-likeness (QED) is 0.829. The molecule has 0 aliphatic carbocycles. The molecule has 0 heterocycles. The van der Waals surface area contributed by atoms with Gasteiger partial charge in [-0.1, -0.05) is 6.07 Å². The van der Waals surface area contributed by atoms with Gasteiger partial charge in [0.05, 0.1) is 11.6 Å². The lowest BCUT2D eigenvalue weighted by molar-refractivity contribution is 0.299. The second-order valence-electron chi connectivity index (χ2n) is 4.60. The van der Waals surface area contributed by atoms with Gasteiger partial charge in [-0.15, -0.1) is 0 Å². The fraction of sp³-hybridized carbons (Fsp3) is 0.133. The smallest absolute Gasteiger partial charge is 0.488 e. The van der Waals surface area contributed by atoms with E-state index >= 15 is 0 Å². The molecule has 0 bridgehead atoms. The first-order valence-corrected chi connectivity index (χ1v) is 6.29. The number of rotatable bonds is 4. The summed E-state index contributed by atoms with van der Waals surface area (Å²) in [7, 11) is -1.54. The maximum absolute atomic E-state index is 13.6. The van der Waals surface area contributed by atoms with Gasteiger partial charge < -0.3 is 14.8 Å². The predicted octanol–water partition coefficient (Wildman–Crippen LogP) is 1.26. The number of halogens is 1. The number of hydrogen-bond donors (Lipinski definition) is 2. The summed E-state index contributed by atoms with van der Waals surface area (Å²) >= 11 is 0. The third kappa shape index (κ3) is 3.60. The molecule has 0 atom stereocenters. The minimum Gasteiger partial charge on any atom is -0.489 e. The van der Waals surface area contributed by atoms with Crippen LogP contribution >= 0.6 is 0 Å². The van der Waals surface area contributed by atoms with E-state index in [-0.39, 0.29) is 12.2 Å². The molecule has 106 valence electrons. The van der Waals surface area contributed by atoms with Gasteiger partial charge in [0.2, 0.25) is 0 Å². The Balaban J connectivity index is 2.14. The van der Waals surface area contributed by atoms with Crippen LogP contribution in [0.1, 0.15) is 16.7 Å². The van der Waals surface area contributed by atoms with Crippen molar-refractivity contribution in [3.63, 3.8) is 0 Å². The first-order chi connectivity index (χ1) is 10.0. The Kier molecular flexibility index (Phi) is 4.58. The maximum Gasteiger partial charge on any atom is 0.488 e. The molecular formula is C15H13BFNO3. The molecule has 0 fully saturated rings. The van der Waals surface area contributed by atoms with E-state index in [1.165, 1.54) is 24.3 Å². The Morgan fingerprint density at radius 2 is 2.00 bits per heavy atom. The molecule has 0 amide bonds. The summed E-state index contributed by atoms with van der Waals surface area (Å²) in [5.74, 6) is 0.0479. The van der Waals surface area contributed by atoms with Crippen LogP contribution in [0.15, 0.2) is 36.4 Å². The highest BCUT2D eigenvalue weighted by atomic mass is 19.1. The van der Waals surface area contributed by atoms with Crippen LogP contribution in [0.2, 0.25) is 0 Å². The summed E-state index contributed by atoms with van der Waals surface area (Å²) in [4.78, 5) is 0. The molecule has 0 spiro atoms. The average Bonchev–Trinajstić information content (AvgIpc) is 2.46. The average molecular weight is 285 g/mol. The van der Waals surface area contributed by atoms with Gasteiger partial charge >= 0.3 is 7.12 Å². The lowest BCUT2D eigenvalue weighted by Gasteiger charge is -2.10. The van der Waals surface area contributed by atoms with Crippen LogP contribution in [0.4, 0.5) is 4.39 Å². The van der Waals surface area contributed by atoms with E-state index in [9.17, 15) is 4.39 Å². The summed E-state index contributed by atoms with van der Waals surface area (Å²) in [5.41, 5.74) is 1.71. The van der Waals surface area contributed by atoms with E-state index in [1.807, 2.05) is 6.07 Å². The van der Waals surface area contributed by atoms with Crippen molar-refractivity contribution in [3.05, 3.63) is 58.9 Å². The molecule has 2 aromatic carbocycles. The second kappa shape index (κ2) is 6.40. The first kappa shape index (κ1) is 15.0. The molecule has 6 heteroatoms. The van der Waals surface area contributed by atoms with Crippen LogP contribution in [-0.4, -0.2) is 17.2 Å². The van der Waals surface area contributed by atoms with Crippen molar-refractivity contribution in [2.75, 3.05) is 0 Å². The summed E-state index contributed by atoms with van der Waals surface area (Å²) in [6, 6.07) is 10.8. The van der Waals surface area contributed by atoms with Crippen molar-refractivity contribution < 1.29 is 19.2 Å². The van der Waals surface area contributed by atoms with Gasteiger partial charge in [-0.3, -0.25) is 0 Å². The van der Waals surface area contributed by atoms with Crippen molar-refractivity contribution >= 4 is 12.6 Å². The number of nitrogens with zero attached hydrogens (tertiary/aromatic N) is 1. The van der Waals surface area contributed by atoms with Gasteiger partial charge in [0.15, 0.2) is 0 Å². The highest BCUT2D eigenvalue weighted by molar-refractivity contribution is 6.59. The van der Waals surface area contributed by atoms with Crippen molar-refractivity contribution in [1.82, 2.24) is 0 Å². The standard InChI is InChI=1S/C15H13BFNO3/c1-10-6-13(3-4-14(10)16(19)20)21-9-12-7-11(8-18)2-5-15(12)17/h2-7,19-20H,9H2,1H3. The zero-order chi connectivity index (χ0) is 15.4. The van der Waals surface area contributed by atoms with Gasteiger partial charge in [-0.2, -0.15) is 5.26 Å². The van der Waals surface area contributed by atoms with Gasteiger partial charge in [0.1, 0.15) is 18.2 Å². The zero-order valence-corrected chi connectivity index (χ0v) is 11.4. The van der Waals surface area contributed by atoms with Gasteiger partial charge in [0, 0.05) is 5.56 Å². The summed E-state index contributed by atoms with van der Waals surface area (Å²) in [6.45, 7) is 1.71. The third-order valence-electron chi connectivity index (χ3n) is 3.09. The van der Waals surface area contributed by atoms with Crippen LogP contribution < -0.4 is 10.2 Å².